The molecular weight excluding hydrogens is 639 g/mol. The summed E-state index contributed by atoms with van der Waals surface area (Å²) < 4.78 is 241. The maximum atomic E-state index is 13.9. The third-order valence-electron chi connectivity index (χ3n) is 5.17. The average Bonchev–Trinajstić information content (AvgIpc) is 2.84. The molecule has 1 rings (SSSR count). The van der Waals surface area contributed by atoms with Crippen LogP contribution in [-0.2, 0) is 9.53 Å². The number of rotatable bonds is 13. The van der Waals surface area contributed by atoms with Gasteiger partial charge < -0.3 is 14.2 Å². The van der Waals surface area contributed by atoms with Crippen molar-refractivity contribution >= 4 is 12.0 Å². The first-order valence-electron chi connectivity index (χ1n) is 10.4. The zero-order chi connectivity index (χ0) is 33.4. The van der Waals surface area contributed by atoms with Gasteiger partial charge in [0, 0.05) is 18.9 Å². The summed E-state index contributed by atoms with van der Waals surface area (Å²) in [4.78, 5) is 11.5. The Kier molecular flexibility index (Phi) is 10.1. The molecule has 21 heteroatoms. The van der Waals surface area contributed by atoms with Crippen LogP contribution in [0.15, 0.2) is 24.3 Å². The summed E-state index contributed by atoms with van der Waals surface area (Å²) in [5.74, 6) is -51.0. The van der Waals surface area contributed by atoms with Crippen molar-refractivity contribution in [2.24, 2.45) is 0 Å². The van der Waals surface area contributed by atoms with Gasteiger partial charge in [0.05, 0.1) is 14.2 Å². The van der Waals surface area contributed by atoms with Gasteiger partial charge in [0.1, 0.15) is 0 Å². The van der Waals surface area contributed by atoms with Crippen LogP contribution in [0.1, 0.15) is 18.4 Å². The van der Waals surface area contributed by atoms with Crippen LogP contribution in [0, 0.1) is 0 Å². The lowest BCUT2D eigenvalue weighted by Crippen LogP contribution is -2.73. The molecule has 0 spiro atoms. The number of carbonyl (C=O) groups is 1. The van der Waals surface area contributed by atoms with E-state index in [0.29, 0.717) is 6.08 Å². The monoisotopic (exact) mass is 654 g/mol. The predicted octanol–water partition coefficient (Wildman–Crippen LogP) is 8.01. The van der Waals surface area contributed by atoms with Crippen molar-refractivity contribution in [2.45, 2.75) is 60.7 Å². The molecular formula is C21H15F17O4. The van der Waals surface area contributed by atoms with Gasteiger partial charge in [0.25, 0.3) is 0 Å². The Hall–Kier alpha value is -3.16. The fourth-order valence-corrected chi connectivity index (χ4v) is 2.80. The zero-order valence-electron chi connectivity index (χ0n) is 20.4. The highest BCUT2D eigenvalue weighted by Gasteiger charge is 2.93. The van der Waals surface area contributed by atoms with E-state index in [2.05, 4.69) is 4.74 Å². The minimum Gasteiger partial charge on any atom is -0.493 e. The topological polar surface area (TPSA) is 44.8 Å². The maximum Gasteiger partial charge on any atom is 0.473 e. The van der Waals surface area contributed by atoms with Gasteiger partial charge in [-0.25, -0.2) is 4.79 Å². The van der Waals surface area contributed by atoms with E-state index in [-0.39, 0.29) is 23.1 Å². The molecule has 4 nitrogen and oxygen atoms in total. The van der Waals surface area contributed by atoms with E-state index in [9.17, 15) is 79.4 Å². The third-order valence-corrected chi connectivity index (χ3v) is 5.17. The van der Waals surface area contributed by atoms with Crippen molar-refractivity contribution in [1.29, 1.82) is 0 Å². The molecule has 242 valence electrons. The average molecular weight is 654 g/mol. The fourth-order valence-electron chi connectivity index (χ4n) is 2.80. The van der Waals surface area contributed by atoms with Gasteiger partial charge in [0.2, 0.25) is 0 Å². The quantitative estimate of drug-likeness (QED) is 0.123. The van der Waals surface area contributed by atoms with E-state index in [4.69, 9.17) is 9.47 Å². The molecule has 0 amide bonds. The van der Waals surface area contributed by atoms with Gasteiger partial charge in [0.15, 0.2) is 11.5 Å². The van der Waals surface area contributed by atoms with Crippen molar-refractivity contribution in [1.82, 2.24) is 0 Å². The normalized spacial score (nSPS) is 14.7. The summed E-state index contributed by atoms with van der Waals surface area (Å²) in [6.07, 6.45) is -19.3. The lowest BCUT2D eigenvalue weighted by atomic mass is 9.89. The Morgan fingerprint density at radius 2 is 1.10 bits per heavy atom. The number of methoxy groups -OCH3 is 2. The van der Waals surface area contributed by atoms with E-state index in [0.717, 1.165) is 25.3 Å². The molecule has 1 aromatic carbocycles. The third kappa shape index (κ3) is 6.57. The molecule has 42 heavy (non-hydrogen) atoms. The molecule has 0 fully saturated rings. The number of hydrogen-bond acceptors (Lipinski definition) is 4. The standard InChI is InChI=1S/C21H15F17O4/c1-40-11-5-3-10(9-12(11)41-2)4-6-13(39)42-21(37,38)20(35,36)19(33,34)18(31,32)17(29,30)16(27,28)14(22,23)7-8-15(24,25)26/h3-6,9H,7-8H2,1-2H3. The van der Waals surface area contributed by atoms with Gasteiger partial charge in [-0.15, -0.1) is 0 Å². The highest BCUT2D eigenvalue weighted by molar-refractivity contribution is 5.87. The molecule has 0 aromatic heterocycles. The Labute approximate surface area is 223 Å². The van der Waals surface area contributed by atoms with E-state index < -0.39 is 66.6 Å². The number of ether oxygens (including phenoxy) is 3. The van der Waals surface area contributed by atoms with E-state index in [1.165, 1.54) is 7.11 Å². The lowest BCUT2D eigenvalue weighted by Gasteiger charge is -2.42. The SMILES string of the molecule is COc1ccc(C=CC(=O)OC(F)(F)C(F)(F)C(F)(F)C(F)(F)C(F)(F)C(F)(F)C(F)(F)CCC(F)(F)F)cc1OC. The molecule has 0 radical (unpaired) electrons. The highest BCUT2D eigenvalue weighted by Crippen LogP contribution is 2.62. The molecule has 0 saturated heterocycles. The summed E-state index contributed by atoms with van der Waals surface area (Å²) in [5.41, 5.74) is -0.190. The second-order valence-corrected chi connectivity index (χ2v) is 8.08. The van der Waals surface area contributed by atoms with Gasteiger partial charge in [-0.3, -0.25) is 0 Å². The first-order valence-corrected chi connectivity index (χ1v) is 10.4. The summed E-state index contributed by atoms with van der Waals surface area (Å²) in [6.45, 7) is 0. The van der Waals surface area contributed by atoms with Crippen LogP contribution in [0.5, 0.6) is 11.5 Å². The molecule has 0 saturated carbocycles. The van der Waals surface area contributed by atoms with Crippen LogP contribution in [0.25, 0.3) is 6.08 Å². The molecule has 0 aliphatic rings. The summed E-state index contributed by atoms with van der Waals surface area (Å²) in [7, 11) is 2.27. The molecule has 0 bridgehead atoms. The van der Waals surface area contributed by atoms with E-state index in [1.54, 1.807) is 0 Å². The number of benzene rings is 1. The van der Waals surface area contributed by atoms with Gasteiger partial charge in [-0.05, 0) is 23.8 Å². The first kappa shape index (κ1) is 36.9. The first-order chi connectivity index (χ1) is 18.6. The number of esters is 1. The number of halogens is 17. The second-order valence-electron chi connectivity index (χ2n) is 8.08. The summed E-state index contributed by atoms with van der Waals surface area (Å²) in [6, 6.07) is 3.20. The number of alkyl halides is 17. The van der Waals surface area contributed by atoms with Crippen LogP contribution < -0.4 is 9.47 Å². The van der Waals surface area contributed by atoms with Crippen LogP contribution in [0.4, 0.5) is 74.6 Å². The predicted molar refractivity (Wildman–Crippen MR) is 105 cm³/mol. The van der Waals surface area contributed by atoms with Crippen LogP contribution in [0.2, 0.25) is 0 Å². The van der Waals surface area contributed by atoms with Crippen molar-refractivity contribution in [3.63, 3.8) is 0 Å². The van der Waals surface area contributed by atoms with Crippen LogP contribution in [0.3, 0.4) is 0 Å². The Morgan fingerprint density at radius 1 is 0.643 bits per heavy atom. The Morgan fingerprint density at radius 3 is 1.55 bits per heavy atom. The van der Waals surface area contributed by atoms with Gasteiger partial charge >= 0.3 is 53.8 Å². The zero-order valence-corrected chi connectivity index (χ0v) is 20.4. The second kappa shape index (κ2) is 11.5. The smallest absolute Gasteiger partial charge is 0.473 e. The number of carbonyl (C=O) groups excluding carboxylic acids is 1. The number of hydrogen-bond donors (Lipinski definition) is 0. The van der Waals surface area contributed by atoms with E-state index >= 15 is 0 Å². The van der Waals surface area contributed by atoms with Crippen LogP contribution >= 0.6 is 0 Å². The largest absolute Gasteiger partial charge is 0.493 e. The lowest BCUT2D eigenvalue weighted by molar-refractivity contribution is -0.461. The molecule has 0 aliphatic carbocycles. The van der Waals surface area contributed by atoms with E-state index in [1.807, 2.05) is 0 Å². The fraction of sp³-hybridized carbons (Fsp3) is 0.571. The maximum absolute atomic E-state index is 13.9. The molecule has 0 heterocycles. The van der Waals surface area contributed by atoms with Crippen molar-refractivity contribution < 1.29 is 93.6 Å². The van der Waals surface area contributed by atoms with Crippen molar-refractivity contribution in [3.05, 3.63) is 29.8 Å². The summed E-state index contributed by atoms with van der Waals surface area (Å²) >= 11 is 0. The Balaban J connectivity index is 3.36. The minimum absolute atomic E-state index is 0.0621. The summed E-state index contributed by atoms with van der Waals surface area (Å²) in [5, 5.41) is 0. The molecule has 0 aliphatic heterocycles. The van der Waals surface area contributed by atoms with Gasteiger partial charge in [-0.2, -0.15) is 74.6 Å². The minimum atomic E-state index is -8.54. The van der Waals surface area contributed by atoms with Gasteiger partial charge in [-0.1, -0.05) is 6.07 Å². The molecule has 0 unspecified atom stereocenters. The molecule has 1 aromatic rings. The molecule has 0 atom stereocenters. The van der Waals surface area contributed by atoms with Crippen molar-refractivity contribution in [2.75, 3.05) is 14.2 Å². The Bertz CT molecular complexity index is 1140. The van der Waals surface area contributed by atoms with Crippen LogP contribution in [-0.4, -0.2) is 68.0 Å². The van der Waals surface area contributed by atoms with Crippen molar-refractivity contribution in [3.8, 4) is 11.5 Å². The highest BCUT2D eigenvalue weighted by atomic mass is 19.4. The molecule has 0 N–H and O–H groups in total.